The van der Waals surface area contributed by atoms with Gasteiger partial charge in [-0.1, -0.05) is 45.4 Å². The molecule has 7 heteroatoms. The second-order valence-corrected chi connectivity index (χ2v) is 9.02. The molecule has 0 fully saturated rings. The highest BCUT2D eigenvalue weighted by Gasteiger charge is 2.42. The summed E-state index contributed by atoms with van der Waals surface area (Å²) >= 11 is 6.41. The van der Waals surface area contributed by atoms with Gasteiger partial charge in [-0.15, -0.1) is 0 Å². The summed E-state index contributed by atoms with van der Waals surface area (Å²) in [5, 5.41) is 9.60. The van der Waals surface area contributed by atoms with Gasteiger partial charge < -0.3 is 24.1 Å². The lowest BCUT2D eigenvalue weighted by Crippen LogP contribution is -2.38. The molecule has 0 spiro atoms. The van der Waals surface area contributed by atoms with Crippen LogP contribution in [0.25, 0.3) is 0 Å². The van der Waals surface area contributed by atoms with Crippen LogP contribution in [-0.2, 0) is 16.6 Å². The average molecular weight is 463 g/mol. The van der Waals surface area contributed by atoms with Gasteiger partial charge in [0.05, 0.1) is 24.7 Å². The molecule has 1 heterocycles. The molecule has 0 saturated heterocycles. The van der Waals surface area contributed by atoms with E-state index < -0.39 is 11.9 Å². The second kappa shape index (κ2) is 9.90. The van der Waals surface area contributed by atoms with Crippen molar-refractivity contribution < 1.29 is 28.8 Å². The molecule has 2 aromatic carbocycles. The molecule has 0 radical (unpaired) electrons. The summed E-state index contributed by atoms with van der Waals surface area (Å²) in [6.45, 7) is 9.34. The third-order valence-electron chi connectivity index (χ3n) is 6.01. The van der Waals surface area contributed by atoms with Crippen LogP contribution >= 0.6 is 11.6 Å². The molecule has 1 unspecified atom stereocenters. The highest BCUT2D eigenvalue weighted by molar-refractivity contribution is 6.32. The summed E-state index contributed by atoms with van der Waals surface area (Å²) in [6, 6.07) is 11.4. The Morgan fingerprint density at radius 2 is 1.91 bits per heavy atom. The molecule has 2 aromatic rings. The highest BCUT2D eigenvalue weighted by atomic mass is 35.5. The van der Waals surface area contributed by atoms with E-state index >= 15 is 0 Å². The van der Waals surface area contributed by atoms with Gasteiger partial charge in [0.25, 0.3) is 5.79 Å². The number of hydrogen-bond acceptors (Lipinski definition) is 5. The molecule has 3 rings (SSSR count). The van der Waals surface area contributed by atoms with E-state index in [1.165, 1.54) is 5.56 Å². The van der Waals surface area contributed by atoms with Crippen LogP contribution in [0, 0.1) is 0 Å². The Labute approximate surface area is 194 Å². The summed E-state index contributed by atoms with van der Waals surface area (Å²) < 4.78 is 22.4. The van der Waals surface area contributed by atoms with Crippen molar-refractivity contribution in [1.29, 1.82) is 0 Å². The molecule has 32 heavy (non-hydrogen) atoms. The topological polar surface area (TPSA) is 74.2 Å². The van der Waals surface area contributed by atoms with Crippen LogP contribution in [0.3, 0.4) is 0 Å². The van der Waals surface area contributed by atoms with Crippen molar-refractivity contribution in [3.8, 4) is 17.2 Å². The van der Waals surface area contributed by atoms with Gasteiger partial charge in [-0.2, -0.15) is 0 Å². The first-order valence-electron chi connectivity index (χ1n) is 11.0. The fourth-order valence-electron chi connectivity index (χ4n) is 3.57. The Morgan fingerprint density at radius 1 is 1.16 bits per heavy atom. The van der Waals surface area contributed by atoms with E-state index in [2.05, 4.69) is 26.8 Å². The molecule has 174 valence electrons. The monoisotopic (exact) mass is 462 g/mol. The Bertz CT molecular complexity index is 957. The fourth-order valence-corrected chi connectivity index (χ4v) is 3.80. The Kier molecular flexibility index (Phi) is 7.44. The molecule has 1 N–H and O–H groups in total. The van der Waals surface area contributed by atoms with Crippen LogP contribution in [0.15, 0.2) is 36.4 Å². The Balaban J connectivity index is 1.48. The van der Waals surface area contributed by atoms with Gasteiger partial charge in [0, 0.05) is 18.4 Å². The number of ether oxygens (including phenoxy) is 4. The lowest BCUT2D eigenvalue weighted by Gasteiger charge is -2.25. The first-order chi connectivity index (χ1) is 15.2. The summed E-state index contributed by atoms with van der Waals surface area (Å²) in [5.74, 6) is 0.820. The van der Waals surface area contributed by atoms with Crippen LogP contribution in [0.4, 0.5) is 4.79 Å². The van der Waals surface area contributed by atoms with Gasteiger partial charge in [-0.3, -0.25) is 0 Å². The van der Waals surface area contributed by atoms with Crippen molar-refractivity contribution in [2.75, 3.05) is 13.2 Å². The fraction of sp³-hybridized carbons (Fsp3) is 0.480. The average Bonchev–Trinajstić information content (AvgIpc) is 3.11. The lowest BCUT2D eigenvalue weighted by molar-refractivity contribution is -0.140. The maximum absolute atomic E-state index is 11.0. The summed E-state index contributed by atoms with van der Waals surface area (Å²) in [5.41, 5.74) is 2.14. The first kappa shape index (κ1) is 24.1. The number of rotatable bonds is 10. The zero-order valence-electron chi connectivity index (χ0n) is 19.1. The molecule has 0 amide bonds. The quantitative estimate of drug-likeness (QED) is 0.316. The first-order valence-corrected chi connectivity index (χ1v) is 11.4. The zero-order valence-corrected chi connectivity index (χ0v) is 19.8. The van der Waals surface area contributed by atoms with Crippen LogP contribution in [0.1, 0.15) is 58.1 Å². The van der Waals surface area contributed by atoms with Gasteiger partial charge in [0.15, 0.2) is 0 Å². The number of benzene rings is 2. The maximum Gasteiger partial charge on any atom is 0.509 e. The van der Waals surface area contributed by atoms with E-state index in [0.717, 1.165) is 12.0 Å². The number of halogens is 1. The molecular formula is C25H31ClO6. The molecule has 0 saturated carbocycles. The predicted molar refractivity (Wildman–Crippen MR) is 123 cm³/mol. The maximum atomic E-state index is 11.0. The van der Waals surface area contributed by atoms with Gasteiger partial charge in [0.1, 0.15) is 17.2 Å². The van der Waals surface area contributed by atoms with E-state index in [1.807, 2.05) is 25.1 Å². The van der Waals surface area contributed by atoms with Crippen molar-refractivity contribution in [2.45, 2.75) is 64.6 Å². The summed E-state index contributed by atoms with van der Waals surface area (Å²) in [6.07, 6.45) is 1.14. The Morgan fingerprint density at radius 3 is 2.56 bits per heavy atom. The largest absolute Gasteiger partial charge is 0.509 e. The van der Waals surface area contributed by atoms with Gasteiger partial charge >= 0.3 is 6.16 Å². The Hall–Kier alpha value is -2.60. The normalized spacial score (nSPS) is 17.4. The smallest absolute Gasteiger partial charge is 0.493 e. The third-order valence-corrected chi connectivity index (χ3v) is 6.31. The van der Waals surface area contributed by atoms with Crippen molar-refractivity contribution >= 4 is 17.8 Å². The van der Waals surface area contributed by atoms with E-state index in [0.29, 0.717) is 54.7 Å². The third kappa shape index (κ3) is 5.60. The van der Waals surface area contributed by atoms with Gasteiger partial charge in [0.2, 0.25) is 0 Å². The van der Waals surface area contributed by atoms with Crippen LogP contribution < -0.4 is 14.2 Å². The minimum atomic E-state index is -1.35. The molecule has 1 aliphatic heterocycles. The summed E-state index contributed by atoms with van der Waals surface area (Å²) in [4.78, 5) is 11.0. The lowest BCUT2D eigenvalue weighted by atomic mass is 9.82. The number of carbonyl (C=O) groups is 1. The zero-order chi connectivity index (χ0) is 23.4. The van der Waals surface area contributed by atoms with E-state index in [4.69, 9.17) is 35.7 Å². The van der Waals surface area contributed by atoms with Gasteiger partial charge in [-0.05, 0) is 47.7 Å². The van der Waals surface area contributed by atoms with Crippen molar-refractivity contribution in [3.63, 3.8) is 0 Å². The molecule has 0 aromatic heterocycles. The number of fused-ring (bicyclic) bond motifs is 1. The van der Waals surface area contributed by atoms with Crippen molar-refractivity contribution in [3.05, 3.63) is 52.5 Å². The minimum Gasteiger partial charge on any atom is -0.493 e. The van der Waals surface area contributed by atoms with Crippen LogP contribution in [0.2, 0.25) is 5.02 Å². The van der Waals surface area contributed by atoms with Crippen LogP contribution in [-0.4, -0.2) is 30.3 Å². The number of carboxylic acid groups (broad SMARTS) is 1. The number of hydrogen-bond donors (Lipinski definition) is 1. The molecule has 6 nitrogen and oxygen atoms in total. The molecule has 0 bridgehead atoms. The molecule has 1 aliphatic rings. The van der Waals surface area contributed by atoms with Gasteiger partial charge in [-0.25, -0.2) is 4.79 Å². The summed E-state index contributed by atoms with van der Waals surface area (Å²) in [7, 11) is 0. The van der Waals surface area contributed by atoms with Crippen molar-refractivity contribution in [1.82, 2.24) is 0 Å². The van der Waals surface area contributed by atoms with E-state index in [9.17, 15) is 4.79 Å². The van der Waals surface area contributed by atoms with E-state index in [-0.39, 0.29) is 5.41 Å². The standard InChI is InChI=1S/C25H31ClO6/c1-5-24(3,4)18-8-10-22(20(26)15-18)30-13-7-12-29-19-9-11-21-17(14-19)16-25(6-2,31-21)32-23(27)28/h8-11,14-15H,5-7,12-13,16H2,1-4H3,(H,27,28). The molecule has 0 aliphatic carbocycles. The molecule has 1 atom stereocenters. The minimum absolute atomic E-state index is 0.0768. The SMILES string of the molecule is CCC1(OC(=O)O)Cc2cc(OCCCOc3ccc(C(C)(C)CC)cc3Cl)ccc2O1. The predicted octanol–water partition coefficient (Wildman–Crippen LogP) is 6.61. The highest BCUT2D eigenvalue weighted by Crippen LogP contribution is 2.40. The van der Waals surface area contributed by atoms with E-state index in [1.54, 1.807) is 12.1 Å². The second-order valence-electron chi connectivity index (χ2n) is 8.61. The van der Waals surface area contributed by atoms with Crippen LogP contribution in [0.5, 0.6) is 17.2 Å². The van der Waals surface area contributed by atoms with Crippen molar-refractivity contribution in [2.24, 2.45) is 0 Å². The molecular weight excluding hydrogens is 432 g/mol.